The third-order valence-electron chi connectivity index (χ3n) is 5.74. The lowest BCUT2D eigenvalue weighted by Crippen LogP contribution is -2.31. The minimum absolute atomic E-state index is 0.102. The number of carbonyl (C=O) groups is 2. The van der Waals surface area contributed by atoms with E-state index in [9.17, 15) is 14.0 Å². The molecule has 2 aromatic rings. The Labute approximate surface area is 162 Å². The van der Waals surface area contributed by atoms with Crippen molar-refractivity contribution in [2.75, 3.05) is 4.90 Å². The minimum Gasteiger partial charge on any atom is -0.274 e. The van der Waals surface area contributed by atoms with Gasteiger partial charge in [0.05, 0.1) is 35.5 Å². The molecule has 0 bridgehead atoms. The number of benzene rings is 1. The molecular weight excluding hydrogens is 369 g/mol. The zero-order chi connectivity index (χ0) is 19.3. The second kappa shape index (κ2) is 6.75. The molecule has 4 rings (SSSR count). The Kier molecular flexibility index (Phi) is 4.54. The van der Waals surface area contributed by atoms with Crippen LogP contribution >= 0.6 is 11.6 Å². The number of halogens is 2. The fraction of sp³-hybridized carbons (Fsp3) is 0.450. The van der Waals surface area contributed by atoms with Crippen LogP contribution in [0.3, 0.4) is 0 Å². The summed E-state index contributed by atoms with van der Waals surface area (Å²) in [6.45, 7) is 3.98. The second-order valence-corrected chi connectivity index (χ2v) is 7.83. The number of rotatable bonds is 3. The maximum absolute atomic E-state index is 13.3. The predicted molar refractivity (Wildman–Crippen MR) is 100 cm³/mol. The smallest absolute Gasteiger partial charge is 0.237 e. The van der Waals surface area contributed by atoms with Gasteiger partial charge in [0, 0.05) is 5.02 Å². The van der Waals surface area contributed by atoms with E-state index >= 15 is 0 Å². The summed E-state index contributed by atoms with van der Waals surface area (Å²) in [6, 6.07) is 4.24. The number of hydrogen-bond donors (Lipinski definition) is 0. The molecule has 0 N–H and O–H groups in total. The van der Waals surface area contributed by atoms with Gasteiger partial charge in [0.25, 0.3) is 0 Å². The molecule has 5 nitrogen and oxygen atoms in total. The van der Waals surface area contributed by atoms with Gasteiger partial charge >= 0.3 is 0 Å². The molecule has 1 aliphatic carbocycles. The van der Waals surface area contributed by atoms with Crippen molar-refractivity contribution in [1.29, 1.82) is 0 Å². The first-order valence-electron chi connectivity index (χ1n) is 9.24. The number of hydrogen-bond acceptors (Lipinski definition) is 3. The van der Waals surface area contributed by atoms with Crippen LogP contribution < -0.4 is 4.90 Å². The fourth-order valence-electron chi connectivity index (χ4n) is 4.36. The second-order valence-electron chi connectivity index (χ2n) is 7.42. The number of anilines is 1. The summed E-state index contributed by atoms with van der Waals surface area (Å²) in [5.74, 6) is -0.987. The number of aryl methyl sites for hydroxylation is 1. The standard InChI is InChI=1S/C20H21ClFN3O2/c1-11-18(25-19(26)15-5-3-4-6-16(15)20(25)27)12(2)24(23-11)10-13-7-8-14(22)9-17(13)21/h7-9,15-16H,3-6,10H2,1-2H3. The Hall–Kier alpha value is -2.21. The maximum atomic E-state index is 13.3. The highest BCUT2D eigenvalue weighted by Gasteiger charge is 2.50. The van der Waals surface area contributed by atoms with Gasteiger partial charge in [-0.25, -0.2) is 9.29 Å². The zero-order valence-corrected chi connectivity index (χ0v) is 16.1. The minimum atomic E-state index is -0.395. The molecule has 1 saturated heterocycles. The lowest BCUT2D eigenvalue weighted by atomic mass is 9.81. The summed E-state index contributed by atoms with van der Waals surface area (Å²) >= 11 is 6.13. The van der Waals surface area contributed by atoms with Gasteiger partial charge < -0.3 is 0 Å². The third-order valence-corrected chi connectivity index (χ3v) is 6.10. The number of nitrogens with zero attached hydrogens (tertiary/aromatic N) is 3. The molecule has 2 aliphatic rings. The first-order chi connectivity index (χ1) is 12.9. The Morgan fingerprint density at radius 3 is 2.37 bits per heavy atom. The van der Waals surface area contributed by atoms with E-state index in [0.29, 0.717) is 22.9 Å². The average molecular weight is 390 g/mol. The van der Waals surface area contributed by atoms with Gasteiger partial charge in [0.1, 0.15) is 5.82 Å². The fourth-order valence-corrected chi connectivity index (χ4v) is 4.59. The largest absolute Gasteiger partial charge is 0.274 e. The van der Waals surface area contributed by atoms with Gasteiger partial charge in [-0.05, 0) is 44.4 Å². The van der Waals surface area contributed by atoms with Crippen LogP contribution in [0.5, 0.6) is 0 Å². The molecule has 1 saturated carbocycles. The van der Waals surface area contributed by atoms with Crippen molar-refractivity contribution < 1.29 is 14.0 Å². The summed E-state index contributed by atoms with van der Waals surface area (Å²) < 4.78 is 15.0. The van der Waals surface area contributed by atoms with Gasteiger partial charge in [-0.15, -0.1) is 0 Å². The normalized spacial score (nSPS) is 22.4. The maximum Gasteiger partial charge on any atom is 0.237 e. The van der Waals surface area contributed by atoms with Gasteiger partial charge in [-0.2, -0.15) is 5.10 Å². The predicted octanol–water partition coefficient (Wildman–Crippen LogP) is 4.02. The van der Waals surface area contributed by atoms with Gasteiger partial charge in [-0.1, -0.05) is 30.5 Å². The Balaban J connectivity index is 1.69. The SMILES string of the molecule is Cc1nn(Cc2ccc(F)cc2Cl)c(C)c1N1C(=O)C2CCCCC2C1=O. The number of aromatic nitrogens is 2. The first kappa shape index (κ1) is 18.2. The van der Waals surface area contributed by atoms with Crippen LogP contribution in [0.2, 0.25) is 5.02 Å². The van der Waals surface area contributed by atoms with Gasteiger partial charge in [-0.3, -0.25) is 14.3 Å². The molecule has 2 fully saturated rings. The summed E-state index contributed by atoms with van der Waals surface area (Å²) in [6.07, 6.45) is 3.55. The van der Waals surface area contributed by atoms with Crippen LogP contribution in [0.25, 0.3) is 0 Å². The molecule has 0 spiro atoms. The first-order valence-corrected chi connectivity index (χ1v) is 9.62. The van der Waals surface area contributed by atoms with Crippen LogP contribution in [-0.4, -0.2) is 21.6 Å². The zero-order valence-electron chi connectivity index (χ0n) is 15.3. The van der Waals surface area contributed by atoms with E-state index in [1.807, 2.05) is 6.92 Å². The molecule has 2 unspecified atom stereocenters. The van der Waals surface area contributed by atoms with E-state index in [2.05, 4.69) is 5.10 Å². The van der Waals surface area contributed by atoms with Crippen molar-refractivity contribution in [2.45, 2.75) is 46.1 Å². The third kappa shape index (κ3) is 2.96. The van der Waals surface area contributed by atoms with Crippen molar-refractivity contribution in [1.82, 2.24) is 9.78 Å². The highest BCUT2D eigenvalue weighted by atomic mass is 35.5. The summed E-state index contributed by atoms with van der Waals surface area (Å²) in [4.78, 5) is 27.2. The molecule has 2 amide bonds. The van der Waals surface area contributed by atoms with E-state index in [1.54, 1.807) is 17.7 Å². The van der Waals surface area contributed by atoms with Crippen LogP contribution in [0.1, 0.15) is 42.6 Å². The molecule has 1 aliphatic heterocycles. The van der Waals surface area contributed by atoms with E-state index in [-0.39, 0.29) is 23.7 Å². The Bertz CT molecular complexity index is 916. The van der Waals surface area contributed by atoms with Crippen LogP contribution in [0.15, 0.2) is 18.2 Å². The van der Waals surface area contributed by atoms with Crippen molar-refractivity contribution in [3.05, 3.63) is 46.0 Å². The summed E-state index contributed by atoms with van der Waals surface area (Å²) in [7, 11) is 0. The van der Waals surface area contributed by atoms with Crippen molar-refractivity contribution in [2.24, 2.45) is 11.8 Å². The summed E-state index contributed by atoms with van der Waals surface area (Å²) in [5.41, 5.74) is 2.67. The molecule has 142 valence electrons. The molecule has 1 aromatic heterocycles. The van der Waals surface area contributed by atoms with E-state index < -0.39 is 5.82 Å². The molecular formula is C20H21ClFN3O2. The summed E-state index contributed by atoms with van der Waals surface area (Å²) in [5, 5.41) is 4.84. The number of amides is 2. The molecule has 2 heterocycles. The van der Waals surface area contributed by atoms with Crippen molar-refractivity contribution in [3.63, 3.8) is 0 Å². The molecule has 7 heteroatoms. The highest BCUT2D eigenvalue weighted by Crippen LogP contribution is 2.41. The highest BCUT2D eigenvalue weighted by molar-refractivity contribution is 6.31. The van der Waals surface area contributed by atoms with Crippen LogP contribution in [-0.2, 0) is 16.1 Å². The molecule has 2 atom stereocenters. The Morgan fingerprint density at radius 1 is 1.15 bits per heavy atom. The lowest BCUT2D eigenvalue weighted by molar-refractivity contribution is -0.122. The van der Waals surface area contributed by atoms with Crippen LogP contribution in [0, 0.1) is 31.5 Å². The quantitative estimate of drug-likeness (QED) is 0.745. The van der Waals surface area contributed by atoms with Crippen molar-refractivity contribution in [3.8, 4) is 0 Å². The van der Waals surface area contributed by atoms with E-state index in [4.69, 9.17) is 11.6 Å². The molecule has 27 heavy (non-hydrogen) atoms. The topological polar surface area (TPSA) is 55.2 Å². The van der Waals surface area contributed by atoms with Crippen molar-refractivity contribution >= 4 is 29.1 Å². The van der Waals surface area contributed by atoms with Gasteiger partial charge in [0.15, 0.2) is 0 Å². The Morgan fingerprint density at radius 2 is 1.78 bits per heavy atom. The molecule has 1 aromatic carbocycles. The van der Waals surface area contributed by atoms with E-state index in [1.165, 1.54) is 17.0 Å². The number of carbonyl (C=O) groups excluding carboxylic acids is 2. The number of imide groups is 1. The van der Waals surface area contributed by atoms with Crippen LogP contribution in [0.4, 0.5) is 10.1 Å². The lowest BCUT2D eigenvalue weighted by Gasteiger charge is -2.19. The monoisotopic (exact) mass is 389 g/mol. The van der Waals surface area contributed by atoms with E-state index in [0.717, 1.165) is 36.9 Å². The average Bonchev–Trinajstić information content (AvgIpc) is 3.04. The molecule has 0 radical (unpaired) electrons. The number of fused-ring (bicyclic) bond motifs is 1. The van der Waals surface area contributed by atoms with Gasteiger partial charge in [0.2, 0.25) is 11.8 Å².